The topological polar surface area (TPSA) is 46.9 Å². The third kappa shape index (κ3) is 3.65. The highest BCUT2D eigenvalue weighted by Crippen LogP contribution is 2.30. The van der Waals surface area contributed by atoms with Gasteiger partial charge in [-0.3, -0.25) is 9.48 Å². The number of benzene rings is 1. The number of amides is 1. The number of aromatic nitrogens is 2. The second-order valence-electron chi connectivity index (χ2n) is 4.48. The van der Waals surface area contributed by atoms with Gasteiger partial charge in [-0.2, -0.15) is 18.3 Å². The van der Waals surface area contributed by atoms with Gasteiger partial charge in [0.25, 0.3) is 5.91 Å². The Balaban J connectivity index is 2.18. The van der Waals surface area contributed by atoms with E-state index in [2.05, 4.69) is 26.3 Å². The van der Waals surface area contributed by atoms with Gasteiger partial charge in [-0.25, -0.2) is 4.39 Å². The number of hydrogen-bond donors (Lipinski definition) is 1. The summed E-state index contributed by atoms with van der Waals surface area (Å²) >= 11 is 3.15. The minimum atomic E-state index is -4.74. The van der Waals surface area contributed by atoms with Gasteiger partial charge < -0.3 is 5.32 Å². The van der Waals surface area contributed by atoms with Crippen molar-refractivity contribution in [3.05, 3.63) is 51.5 Å². The first-order valence-electron chi connectivity index (χ1n) is 6.01. The third-order valence-electron chi connectivity index (χ3n) is 2.79. The Morgan fingerprint density at radius 2 is 2.09 bits per heavy atom. The maximum atomic E-state index is 13.5. The molecule has 0 aliphatic heterocycles. The molecule has 4 nitrogen and oxygen atoms in total. The molecule has 0 bridgehead atoms. The van der Waals surface area contributed by atoms with E-state index < -0.39 is 29.2 Å². The van der Waals surface area contributed by atoms with Crippen molar-refractivity contribution in [2.45, 2.75) is 12.7 Å². The van der Waals surface area contributed by atoms with Crippen molar-refractivity contribution in [2.24, 2.45) is 7.05 Å². The number of carbonyl (C=O) groups excluding carboxylic acids is 1. The van der Waals surface area contributed by atoms with Crippen LogP contribution in [0.4, 0.5) is 17.6 Å². The number of aryl methyl sites for hydroxylation is 1. The molecule has 0 saturated carbocycles. The molecule has 0 atom stereocenters. The molecular weight excluding hydrogens is 370 g/mol. The zero-order valence-corrected chi connectivity index (χ0v) is 12.8. The van der Waals surface area contributed by atoms with Gasteiger partial charge in [0.1, 0.15) is 5.82 Å². The van der Waals surface area contributed by atoms with Crippen LogP contribution < -0.4 is 5.32 Å². The monoisotopic (exact) mass is 379 g/mol. The third-order valence-corrected chi connectivity index (χ3v) is 3.28. The van der Waals surface area contributed by atoms with Crippen molar-refractivity contribution in [1.29, 1.82) is 0 Å². The summed E-state index contributed by atoms with van der Waals surface area (Å²) in [7, 11) is 1.28. The van der Waals surface area contributed by atoms with Gasteiger partial charge in [0.15, 0.2) is 5.69 Å². The van der Waals surface area contributed by atoms with E-state index in [-0.39, 0.29) is 12.1 Å². The van der Waals surface area contributed by atoms with Gasteiger partial charge in [0.2, 0.25) is 0 Å². The fraction of sp³-hybridized carbons (Fsp3) is 0.231. The molecule has 2 aromatic rings. The Morgan fingerprint density at radius 1 is 1.41 bits per heavy atom. The van der Waals surface area contributed by atoms with E-state index in [4.69, 9.17) is 0 Å². The van der Waals surface area contributed by atoms with Gasteiger partial charge in [-0.05, 0) is 18.2 Å². The highest BCUT2D eigenvalue weighted by molar-refractivity contribution is 9.10. The lowest BCUT2D eigenvalue weighted by Crippen LogP contribution is -2.25. The molecule has 0 unspecified atom stereocenters. The summed E-state index contributed by atoms with van der Waals surface area (Å²) in [6, 6.07) is 4.10. The van der Waals surface area contributed by atoms with E-state index >= 15 is 0 Å². The van der Waals surface area contributed by atoms with Crippen LogP contribution in [0.2, 0.25) is 0 Å². The fourth-order valence-electron chi connectivity index (χ4n) is 1.81. The predicted molar refractivity (Wildman–Crippen MR) is 73.5 cm³/mol. The van der Waals surface area contributed by atoms with Gasteiger partial charge in [0, 0.05) is 29.8 Å². The first-order chi connectivity index (χ1) is 10.2. The van der Waals surface area contributed by atoms with Crippen LogP contribution in [-0.2, 0) is 19.8 Å². The molecule has 0 aliphatic carbocycles. The second-order valence-corrected chi connectivity index (χ2v) is 5.40. The molecule has 9 heteroatoms. The van der Waals surface area contributed by atoms with Gasteiger partial charge in [-0.1, -0.05) is 15.9 Å². The van der Waals surface area contributed by atoms with E-state index in [1.54, 1.807) is 0 Å². The first kappa shape index (κ1) is 16.5. The zero-order valence-electron chi connectivity index (χ0n) is 11.2. The fourth-order valence-corrected chi connectivity index (χ4v) is 2.22. The lowest BCUT2D eigenvalue weighted by molar-refractivity contribution is -0.141. The van der Waals surface area contributed by atoms with E-state index in [0.29, 0.717) is 4.47 Å². The number of rotatable bonds is 3. The molecule has 0 fully saturated rings. The average molecular weight is 380 g/mol. The van der Waals surface area contributed by atoms with Gasteiger partial charge >= 0.3 is 6.18 Å². The minimum absolute atomic E-state index is 0.153. The molecule has 0 spiro atoms. The highest BCUT2D eigenvalue weighted by atomic mass is 79.9. The van der Waals surface area contributed by atoms with Crippen molar-refractivity contribution >= 4 is 21.8 Å². The Hall–Kier alpha value is -1.90. The molecule has 2 rings (SSSR count). The Morgan fingerprint density at radius 3 is 2.73 bits per heavy atom. The first-order valence-corrected chi connectivity index (χ1v) is 6.80. The summed E-state index contributed by atoms with van der Waals surface area (Å²) in [5.41, 5.74) is -1.73. The SMILES string of the molecule is Cn1cc(C(=O)NCc2cc(Br)ccc2F)c(C(F)(F)F)n1. The Bertz CT molecular complexity index is 712. The summed E-state index contributed by atoms with van der Waals surface area (Å²) < 4.78 is 53.4. The van der Waals surface area contributed by atoms with Crippen LogP contribution in [0.15, 0.2) is 28.9 Å². The average Bonchev–Trinajstić information content (AvgIpc) is 2.82. The molecule has 0 aliphatic rings. The number of halogens is 5. The van der Waals surface area contributed by atoms with Crippen LogP contribution in [0.3, 0.4) is 0 Å². The number of alkyl halides is 3. The van der Waals surface area contributed by atoms with E-state index in [9.17, 15) is 22.4 Å². The normalized spacial score (nSPS) is 11.5. The summed E-state index contributed by atoms with van der Waals surface area (Å²) in [6.45, 7) is -0.240. The molecule has 1 heterocycles. The molecular formula is C13H10BrF4N3O. The molecule has 22 heavy (non-hydrogen) atoms. The largest absolute Gasteiger partial charge is 0.435 e. The lowest BCUT2D eigenvalue weighted by Gasteiger charge is -2.08. The molecule has 118 valence electrons. The van der Waals surface area contributed by atoms with Gasteiger partial charge in [-0.15, -0.1) is 0 Å². The number of carbonyl (C=O) groups is 1. The smallest absolute Gasteiger partial charge is 0.348 e. The van der Waals surface area contributed by atoms with Crippen molar-refractivity contribution in [3.63, 3.8) is 0 Å². The molecule has 1 aromatic carbocycles. The maximum Gasteiger partial charge on any atom is 0.435 e. The molecule has 1 aromatic heterocycles. The van der Waals surface area contributed by atoms with E-state index in [1.165, 1.54) is 25.2 Å². The number of hydrogen-bond acceptors (Lipinski definition) is 2. The van der Waals surface area contributed by atoms with Crippen molar-refractivity contribution in [3.8, 4) is 0 Å². The summed E-state index contributed by atoms with van der Waals surface area (Å²) in [5, 5.41) is 5.49. The Labute approximate surface area is 131 Å². The zero-order chi connectivity index (χ0) is 16.5. The van der Waals surface area contributed by atoms with Crippen LogP contribution >= 0.6 is 15.9 Å². The summed E-state index contributed by atoms with van der Waals surface area (Å²) in [4.78, 5) is 11.9. The summed E-state index contributed by atoms with van der Waals surface area (Å²) in [5.74, 6) is -1.54. The summed E-state index contributed by atoms with van der Waals surface area (Å²) in [6.07, 6.45) is -3.77. The van der Waals surface area contributed by atoms with Crippen molar-refractivity contribution < 1.29 is 22.4 Å². The van der Waals surface area contributed by atoms with Crippen LogP contribution in [0.5, 0.6) is 0 Å². The molecule has 1 amide bonds. The second kappa shape index (κ2) is 6.07. The number of nitrogens with one attached hydrogen (secondary N) is 1. The van der Waals surface area contributed by atoms with Crippen LogP contribution in [0, 0.1) is 5.82 Å². The standard InChI is InChI=1S/C13H10BrF4N3O/c1-21-6-9(11(20-21)13(16,17)18)12(22)19-5-7-4-8(14)2-3-10(7)15/h2-4,6H,5H2,1H3,(H,19,22). The van der Waals surface area contributed by atoms with Crippen LogP contribution in [-0.4, -0.2) is 15.7 Å². The van der Waals surface area contributed by atoms with E-state index in [0.717, 1.165) is 10.9 Å². The maximum absolute atomic E-state index is 13.5. The van der Waals surface area contributed by atoms with Crippen molar-refractivity contribution in [1.82, 2.24) is 15.1 Å². The Kier molecular flexibility index (Phi) is 4.55. The minimum Gasteiger partial charge on any atom is -0.348 e. The lowest BCUT2D eigenvalue weighted by atomic mass is 10.2. The molecule has 1 N–H and O–H groups in total. The van der Waals surface area contributed by atoms with Crippen LogP contribution in [0.25, 0.3) is 0 Å². The molecule has 0 radical (unpaired) electrons. The highest BCUT2D eigenvalue weighted by Gasteiger charge is 2.38. The quantitative estimate of drug-likeness (QED) is 0.832. The van der Waals surface area contributed by atoms with Crippen LogP contribution in [0.1, 0.15) is 21.6 Å². The van der Waals surface area contributed by atoms with E-state index in [1.807, 2.05) is 0 Å². The van der Waals surface area contributed by atoms with Gasteiger partial charge in [0.05, 0.1) is 5.56 Å². The predicted octanol–water partition coefficient (Wildman–Crippen LogP) is 3.27. The van der Waals surface area contributed by atoms with Crippen molar-refractivity contribution in [2.75, 3.05) is 0 Å². The number of nitrogens with zero attached hydrogens (tertiary/aromatic N) is 2. The molecule has 0 saturated heterocycles.